The lowest BCUT2D eigenvalue weighted by Gasteiger charge is -2.28. The maximum absolute atomic E-state index is 11.6. The molecule has 4 heteroatoms. The second kappa shape index (κ2) is 4.00. The van der Waals surface area contributed by atoms with Gasteiger partial charge < -0.3 is 15.0 Å². The van der Waals surface area contributed by atoms with Gasteiger partial charge in [0.15, 0.2) is 0 Å². The van der Waals surface area contributed by atoms with Crippen molar-refractivity contribution in [2.75, 3.05) is 26.2 Å². The van der Waals surface area contributed by atoms with Crippen molar-refractivity contribution < 1.29 is 9.53 Å². The minimum Gasteiger partial charge on any atom is -0.441 e. The molecule has 2 saturated heterocycles. The summed E-state index contributed by atoms with van der Waals surface area (Å²) in [7, 11) is 0. The van der Waals surface area contributed by atoms with Gasteiger partial charge in [0.2, 0.25) is 0 Å². The number of nitrogens with zero attached hydrogens (tertiary/aromatic N) is 1. The zero-order valence-electron chi connectivity index (χ0n) is 9.58. The summed E-state index contributed by atoms with van der Waals surface area (Å²) in [5, 5.41) is 3.33. The molecule has 0 bridgehead atoms. The first kappa shape index (κ1) is 10.7. The number of hydrogen-bond donors (Lipinski definition) is 1. The van der Waals surface area contributed by atoms with E-state index in [4.69, 9.17) is 4.74 Å². The van der Waals surface area contributed by atoms with Crippen LogP contribution in [0.1, 0.15) is 26.7 Å². The lowest BCUT2D eigenvalue weighted by molar-refractivity contribution is 0.0287. The number of hydrogen-bond acceptors (Lipinski definition) is 3. The average molecular weight is 212 g/mol. The summed E-state index contributed by atoms with van der Waals surface area (Å²) in [4.78, 5) is 13.5. The third-order valence-electron chi connectivity index (χ3n) is 3.50. The predicted octanol–water partition coefficient (Wildman–Crippen LogP) is 1.22. The van der Waals surface area contributed by atoms with E-state index >= 15 is 0 Å². The largest absolute Gasteiger partial charge is 0.441 e. The van der Waals surface area contributed by atoms with Gasteiger partial charge in [0.05, 0.1) is 6.54 Å². The van der Waals surface area contributed by atoms with E-state index in [1.54, 1.807) is 0 Å². The van der Waals surface area contributed by atoms with Gasteiger partial charge in [-0.3, -0.25) is 0 Å². The van der Waals surface area contributed by atoms with Crippen molar-refractivity contribution in [3.8, 4) is 0 Å². The fourth-order valence-corrected chi connectivity index (χ4v) is 2.57. The van der Waals surface area contributed by atoms with Crippen molar-refractivity contribution in [2.45, 2.75) is 32.3 Å². The number of carbonyl (C=O) groups is 1. The lowest BCUT2D eigenvalue weighted by Crippen LogP contribution is -2.40. The molecule has 86 valence electrons. The smallest absolute Gasteiger partial charge is 0.410 e. The maximum atomic E-state index is 11.6. The summed E-state index contributed by atoms with van der Waals surface area (Å²) >= 11 is 0. The number of ether oxygens (including phenoxy) is 1. The maximum Gasteiger partial charge on any atom is 0.410 e. The van der Waals surface area contributed by atoms with E-state index in [0.717, 1.165) is 39.0 Å². The molecule has 2 atom stereocenters. The third-order valence-corrected chi connectivity index (χ3v) is 3.50. The molecular formula is C11H20N2O2. The molecule has 4 nitrogen and oxygen atoms in total. The molecule has 1 N–H and O–H groups in total. The van der Waals surface area contributed by atoms with E-state index in [-0.39, 0.29) is 11.7 Å². The first-order valence-electron chi connectivity index (χ1n) is 5.84. The van der Waals surface area contributed by atoms with Gasteiger partial charge in [0.25, 0.3) is 0 Å². The van der Waals surface area contributed by atoms with Crippen LogP contribution in [0.4, 0.5) is 4.79 Å². The number of rotatable bonds is 3. The van der Waals surface area contributed by atoms with E-state index in [0.29, 0.717) is 5.92 Å². The molecular weight excluding hydrogens is 192 g/mol. The van der Waals surface area contributed by atoms with Gasteiger partial charge >= 0.3 is 6.09 Å². The molecule has 0 spiro atoms. The van der Waals surface area contributed by atoms with Crippen LogP contribution in [0.15, 0.2) is 0 Å². The first-order chi connectivity index (χ1) is 7.15. The van der Waals surface area contributed by atoms with Gasteiger partial charge in [-0.05, 0) is 26.3 Å². The Hall–Kier alpha value is -0.770. The number of amides is 1. The van der Waals surface area contributed by atoms with Crippen molar-refractivity contribution in [3.05, 3.63) is 0 Å². The summed E-state index contributed by atoms with van der Waals surface area (Å²) in [6.45, 7) is 7.74. The van der Waals surface area contributed by atoms with Gasteiger partial charge in [-0.25, -0.2) is 4.79 Å². The highest BCUT2D eigenvalue weighted by atomic mass is 16.6. The Morgan fingerprint density at radius 3 is 3.07 bits per heavy atom. The van der Waals surface area contributed by atoms with Crippen LogP contribution in [-0.2, 0) is 4.74 Å². The molecule has 2 rings (SSSR count). The predicted molar refractivity (Wildman–Crippen MR) is 57.7 cm³/mol. The minimum atomic E-state index is -0.268. The van der Waals surface area contributed by atoms with E-state index in [1.165, 1.54) is 0 Å². The minimum absolute atomic E-state index is 0.133. The van der Waals surface area contributed by atoms with E-state index < -0.39 is 0 Å². The molecule has 2 aliphatic rings. The standard InChI is InChI=1S/C11H20N2O2/c1-3-6-13-8-11(2,15-10(13)14)9-4-5-12-7-9/h9,12H,3-8H2,1-2H3. The molecule has 0 aromatic carbocycles. The molecule has 0 aromatic heterocycles. The fourth-order valence-electron chi connectivity index (χ4n) is 2.57. The number of nitrogens with one attached hydrogen (secondary N) is 1. The summed E-state index contributed by atoms with van der Waals surface area (Å²) in [6.07, 6.45) is 1.98. The zero-order chi connectivity index (χ0) is 10.9. The molecule has 0 aromatic rings. The first-order valence-corrected chi connectivity index (χ1v) is 5.84. The summed E-state index contributed by atoms with van der Waals surface area (Å²) < 4.78 is 5.54. The van der Waals surface area contributed by atoms with E-state index in [1.807, 2.05) is 4.90 Å². The Labute approximate surface area is 91.0 Å². The summed E-state index contributed by atoms with van der Waals surface area (Å²) in [6, 6.07) is 0. The van der Waals surface area contributed by atoms with E-state index in [9.17, 15) is 4.79 Å². The quantitative estimate of drug-likeness (QED) is 0.764. The second-order valence-corrected chi connectivity index (χ2v) is 4.79. The fraction of sp³-hybridized carbons (Fsp3) is 0.909. The number of carbonyl (C=O) groups excluding carboxylic acids is 1. The summed E-state index contributed by atoms with van der Waals surface area (Å²) in [5.74, 6) is 0.475. The molecule has 0 saturated carbocycles. The second-order valence-electron chi connectivity index (χ2n) is 4.79. The Morgan fingerprint density at radius 2 is 2.47 bits per heavy atom. The van der Waals surface area contributed by atoms with Gasteiger partial charge in [-0.1, -0.05) is 6.92 Å². The van der Waals surface area contributed by atoms with Crippen molar-refractivity contribution in [2.24, 2.45) is 5.92 Å². The zero-order valence-corrected chi connectivity index (χ0v) is 9.58. The highest BCUT2D eigenvalue weighted by Crippen LogP contribution is 2.33. The van der Waals surface area contributed by atoms with Crippen LogP contribution in [0.3, 0.4) is 0 Å². The van der Waals surface area contributed by atoms with Crippen LogP contribution in [0.5, 0.6) is 0 Å². The molecule has 2 unspecified atom stereocenters. The van der Waals surface area contributed by atoms with Crippen LogP contribution in [-0.4, -0.2) is 42.8 Å². The van der Waals surface area contributed by atoms with Crippen molar-refractivity contribution in [3.63, 3.8) is 0 Å². The van der Waals surface area contributed by atoms with Crippen LogP contribution in [0.25, 0.3) is 0 Å². The van der Waals surface area contributed by atoms with Crippen LogP contribution >= 0.6 is 0 Å². The monoisotopic (exact) mass is 212 g/mol. The normalized spacial score (nSPS) is 36.0. The van der Waals surface area contributed by atoms with Crippen LogP contribution in [0.2, 0.25) is 0 Å². The van der Waals surface area contributed by atoms with Crippen molar-refractivity contribution in [1.29, 1.82) is 0 Å². The Kier molecular flexibility index (Phi) is 2.87. The number of cyclic esters (lactones) is 1. The molecule has 2 heterocycles. The highest BCUT2D eigenvalue weighted by molar-refractivity contribution is 5.70. The van der Waals surface area contributed by atoms with Gasteiger partial charge in [0.1, 0.15) is 5.60 Å². The lowest BCUT2D eigenvalue weighted by atomic mass is 9.88. The van der Waals surface area contributed by atoms with Gasteiger partial charge in [-0.15, -0.1) is 0 Å². The molecule has 1 amide bonds. The van der Waals surface area contributed by atoms with Gasteiger partial charge in [0, 0.05) is 19.0 Å². The Balaban J connectivity index is 2.01. The topological polar surface area (TPSA) is 41.6 Å². The van der Waals surface area contributed by atoms with Gasteiger partial charge in [-0.2, -0.15) is 0 Å². The van der Waals surface area contributed by atoms with Crippen molar-refractivity contribution in [1.82, 2.24) is 10.2 Å². The van der Waals surface area contributed by atoms with Crippen LogP contribution < -0.4 is 5.32 Å². The molecule has 15 heavy (non-hydrogen) atoms. The SMILES string of the molecule is CCCN1CC(C)(C2CCNC2)OC1=O. The Morgan fingerprint density at radius 1 is 1.67 bits per heavy atom. The molecule has 2 fully saturated rings. The summed E-state index contributed by atoms with van der Waals surface area (Å²) in [5.41, 5.74) is -0.268. The van der Waals surface area contributed by atoms with Crippen molar-refractivity contribution >= 4 is 6.09 Å². The molecule has 2 aliphatic heterocycles. The van der Waals surface area contributed by atoms with Crippen LogP contribution in [0, 0.1) is 5.92 Å². The highest BCUT2D eigenvalue weighted by Gasteiger charge is 2.47. The third kappa shape index (κ3) is 1.95. The average Bonchev–Trinajstić information content (AvgIpc) is 2.77. The molecule has 0 radical (unpaired) electrons. The Bertz CT molecular complexity index is 251. The molecule has 0 aliphatic carbocycles. The van der Waals surface area contributed by atoms with E-state index in [2.05, 4.69) is 19.2 Å².